The zero-order chi connectivity index (χ0) is 15.5. The van der Waals surface area contributed by atoms with Gasteiger partial charge in [0.1, 0.15) is 5.54 Å². The van der Waals surface area contributed by atoms with Gasteiger partial charge < -0.3 is 5.11 Å². The molecule has 3 nitrogen and oxygen atoms in total. The second kappa shape index (κ2) is 6.10. The number of alkyl halides is 2. The minimum Gasteiger partial charge on any atom is -0.480 e. The van der Waals surface area contributed by atoms with E-state index in [4.69, 9.17) is 0 Å². The minimum atomic E-state index is -3.04. The van der Waals surface area contributed by atoms with Crippen molar-refractivity contribution >= 4 is 5.97 Å². The SMILES string of the molecule is CCCC1(C(=O)O)CCCN1CC(F)(F)c1ccccc1. The number of nitrogens with zero attached hydrogens (tertiary/aromatic N) is 1. The molecule has 1 unspecified atom stereocenters. The third-order valence-corrected chi connectivity index (χ3v) is 4.27. The molecule has 1 aromatic carbocycles. The van der Waals surface area contributed by atoms with E-state index in [9.17, 15) is 18.7 Å². The van der Waals surface area contributed by atoms with Gasteiger partial charge in [-0.15, -0.1) is 0 Å². The van der Waals surface area contributed by atoms with Crippen molar-refractivity contribution in [2.45, 2.75) is 44.1 Å². The van der Waals surface area contributed by atoms with E-state index in [1.54, 1.807) is 18.2 Å². The first-order valence-corrected chi connectivity index (χ1v) is 7.34. The van der Waals surface area contributed by atoms with Gasteiger partial charge in [-0.2, -0.15) is 8.78 Å². The maximum absolute atomic E-state index is 14.4. The Balaban J connectivity index is 2.23. The molecule has 1 saturated heterocycles. The molecular formula is C16H21F2NO2. The van der Waals surface area contributed by atoms with E-state index < -0.39 is 24.0 Å². The molecule has 1 aliphatic rings. The second-order valence-electron chi connectivity index (χ2n) is 5.68. The quantitative estimate of drug-likeness (QED) is 0.873. The van der Waals surface area contributed by atoms with Crippen molar-refractivity contribution in [2.24, 2.45) is 0 Å². The molecule has 21 heavy (non-hydrogen) atoms. The molecule has 5 heteroatoms. The lowest BCUT2D eigenvalue weighted by Gasteiger charge is -2.36. The number of likely N-dealkylation sites (tertiary alicyclic amines) is 1. The summed E-state index contributed by atoms with van der Waals surface area (Å²) in [4.78, 5) is 13.1. The zero-order valence-corrected chi connectivity index (χ0v) is 12.2. The highest BCUT2D eigenvalue weighted by molar-refractivity contribution is 5.79. The van der Waals surface area contributed by atoms with Crippen molar-refractivity contribution in [3.05, 3.63) is 35.9 Å². The molecule has 1 atom stereocenters. The number of carboxylic acids is 1. The summed E-state index contributed by atoms with van der Waals surface area (Å²) in [5.74, 6) is -4.02. The largest absolute Gasteiger partial charge is 0.480 e. The third-order valence-electron chi connectivity index (χ3n) is 4.27. The Bertz CT molecular complexity index is 492. The first kappa shape index (κ1) is 15.9. The summed E-state index contributed by atoms with van der Waals surface area (Å²) in [6, 6.07) is 7.61. The second-order valence-corrected chi connectivity index (χ2v) is 5.68. The molecule has 0 spiro atoms. The van der Waals surface area contributed by atoms with Gasteiger partial charge in [0.2, 0.25) is 0 Å². The fourth-order valence-electron chi connectivity index (χ4n) is 3.22. The van der Waals surface area contributed by atoms with E-state index >= 15 is 0 Å². The van der Waals surface area contributed by atoms with E-state index in [0.717, 1.165) is 0 Å². The van der Waals surface area contributed by atoms with Crippen LogP contribution in [-0.2, 0) is 10.7 Å². The van der Waals surface area contributed by atoms with Crippen LogP contribution in [0.25, 0.3) is 0 Å². The van der Waals surface area contributed by atoms with Gasteiger partial charge in [-0.3, -0.25) is 9.69 Å². The highest BCUT2D eigenvalue weighted by atomic mass is 19.3. The van der Waals surface area contributed by atoms with Crippen LogP contribution in [0.4, 0.5) is 8.78 Å². The standard InChI is InChI=1S/C16H21F2NO2/c1-2-9-15(14(20)21)10-6-11-19(15)12-16(17,18)13-7-4-3-5-8-13/h3-5,7-8H,2,6,9-12H2,1H3,(H,20,21). The molecule has 0 aliphatic carbocycles. The minimum absolute atomic E-state index is 0.0623. The molecule has 0 radical (unpaired) electrons. The zero-order valence-electron chi connectivity index (χ0n) is 12.2. The maximum atomic E-state index is 14.4. The molecule has 2 rings (SSSR count). The Kier molecular flexibility index (Phi) is 4.61. The Morgan fingerprint density at radius 1 is 1.38 bits per heavy atom. The fourth-order valence-corrected chi connectivity index (χ4v) is 3.22. The number of benzene rings is 1. The van der Waals surface area contributed by atoms with Crippen molar-refractivity contribution in [3.8, 4) is 0 Å². The predicted molar refractivity (Wildman–Crippen MR) is 76.4 cm³/mol. The number of halogens is 2. The topological polar surface area (TPSA) is 40.5 Å². The van der Waals surface area contributed by atoms with Crippen molar-refractivity contribution in [2.75, 3.05) is 13.1 Å². The van der Waals surface area contributed by atoms with Crippen LogP contribution >= 0.6 is 0 Å². The summed E-state index contributed by atoms with van der Waals surface area (Å²) in [5.41, 5.74) is -1.19. The van der Waals surface area contributed by atoms with Crippen LogP contribution in [0.3, 0.4) is 0 Å². The first-order chi connectivity index (χ1) is 9.92. The lowest BCUT2D eigenvalue weighted by molar-refractivity contribution is -0.153. The van der Waals surface area contributed by atoms with Gasteiger partial charge in [-0.1, -0.05) is 43.7 Å². The monoisotopic (exact) mass is 297 g/mol. The van der Waals surface area contributed by atoms with Crippen LogP contribution in [0.15, 0.2) is 30.3 Å². The molecule has 1 aliphatic heterocycles. The average Bonchev–Trinajstić information content (AvgIpc) is 2.84. The summed E-state index contributed by atoms with van der Waals surface area (Å²) in [6.45, 7) is 1.76. The van der Waals surface area contributed by atoms with E-state index in [-0.39, 0.29) is 5.56 Å². The van der Waals surface area contributed by atoms with Crippen molar-refractivity contribution in [1.82, 2.24) is 4.90 Å². The number of hydrogen-bond donors (Lipinski definition) is 1. The molecule has 0 amide bonds. The van der Waals surface area contributed by atoms with Crippen LogP contribution in [0.2, 0.25) is 0 Å². The van der Waals surface area contributed by atoms with Gasteiger partial charge in [0.25, 0.3) is 5.92 Å². The Morgan fingerprint density at radius 3 is 2.62 bits per heavy atom. The van der Waals surface area contributed by atoms with Crippen LogP contribution < -0.4 is 0 Å². The lowest BCUT2D eigenvalue weighted by atomic mass is 9.90. The van der Waals surface area contributed by atoms with Gasteiger partial charge in [-0.25, -0.2) is 0 Å². The molecule has 1 N–H and O–H groups in total. The molecule has 1 aromatic rings. The molecule has 0 bridgehead atoms. The highest BCUT2D eigenvalue weighted by Gasteiger charge is 2.50. The smallest absolute Gasteiger partial charge is 0.324 e. The van der Waals surface area contributed by atoms with Crippen LogP contribution in [0, 0.1) is 0 Å². The fraction of sp³-hybridized carbons (Fsp3) is 0.562. The molecule has 116 valence electrons. The molecular weight excluding hydrogens is 276 g/mol. The van der Waals surface area contributed by atoms with Gasteiger partial charge in [0.15, 0.2) is 0 Å². The summed E-state index contributed by atoms with van der Waals surface area (Å²) >= 11 is 0. The Morgan fingerprint density at radius 2 is 2.05 bits per heavy atom. The Labute approximate surface area is 123 Å². The number of rotatable bonds is 6. The normalized spacial score (nSPS) is 23.4. The molecule has 0 saturated carbocycles. The van der Waals surface area contributed by atoms with Crippen molar-refractivity contribution in [3.63, 3.8) is 0 Å². The summed E-state index contributed by atoms with van der Waals surface area (Å²) in [6.07, 6.45) is 2.17. The van der Waals surface area contributed by atoms with E-state index in [1.807, 2.05) is 6.92 Å². The lowest BCUT2D eigenvalue weighted by Crippen LogP contribution is -2.53. The van der Waals surface area contributed by atoms with Gasteiger partial charge in [0, 0.05) is 5.56 Å². The number of carboxylic acid groups (broad SMARTS) is 1. The number of carbonyl (C=O) groups is 1. The van der Waals surface area contributed by atoms with Gasteiger partial charge in [0.05, 0.1) is 6.54 Å². The predicted octanol–water partition coefficient (Wildman–Crippen LogP) is 3.50. The van der Waals surface area contributed by atoms with Gasteiger partial charge >= 0.3 is 5.97 Å². The van der Waals surface area contributed by atoms with Crippen LogP contribution in [0.1, 0.15) is 38.2 Å². The Hall–Kier alpha value is -1.49. The first-order valence-electron chi connectivity index (χ1n) is 7.34. The summed E-state index contributed by atoms with van der Waals surface area (Å²) in [5, 5.41) is 9.55. The van der Waals surface area contributed by atoms with E-state index in [2.05, 4.69) is 0 Å². The van der Waals surface area contributed by atoms with Crippen molar-refractivity contribution in [1.29, 1.82) is 0 Å². The molecule has 1 fully saturated rings. The highest BCUT2D eigenvalue weighted by Crippen LogP contribution is 2.38. The summed E-state index contributed by atoms with van der Waals surface area (Å²) < 4.78 is 28.8. The third kappa shape index (κ3) is 3.07. The van der Waals surface area contributed by atoms with Crippen molar-refractivity contribution < 1.29 is 18.7 Å². The van der Waals surface area contributed by atoms with Gasteiger partial charge in [-0.05, 0) is 25.8 Å². The van der Waals surface area contributed by atoms with Crippen LogP contribution in [-0.4, -0.2) is 34.6 Å². The number of aliphatic carboxylic acids is 1. The molecule has 0 aromatic heterocycles. The van der Waals surface area contributed by atoms with E-state index in [0.29, 0.717) is 32.2 Å². The maximum Gasteiger partial charge on any atom is 0.324 e. The summed E-state index contributed by atoms with van der Waals surface area (Å²) in [7, 11) is 0. The average molecular weight is 297 g/mol. The van der Waals surface area contributed by atoms with E-state index in [1.165, 1.54) is 17.0 Å². The van der Waals surface area contributed by atoms with Crippen LogP contribution in [0.5, 0.6) is 0 Å². The molecule has 1 heterocycles. The number of hydrogen-bond acceptors (Lipinski definition) is 2.